The number of nitrogens with two attached hydrogens (primary N) is 1. The normalized spacial score (nSPS) is 16.2. The average Bonchev–Trinajstić information content (AvgIpc) is 2.48. The maximum absolute atomic E-state index is 10.8. The van der Waals surface area contributed by atoms with Gasteiger partial charge in [0.25, 0.3) is 5.69 Å². The Labute approximate surface area is 137 Å². The van der Waals surface area contributed by atoms with Gasteiger partial charge in [-0.25, -0.2) is 0 Å². The number of anilines is 1. The first kappa shape index (κ1) is 16.4. The quantitative estimate of drug-likeness (QED) is 0.341. The van der Waals surface area contributed by atoms with E-state index >= 15 is 0 Å². The molecule has 1 saturated heterocycles. The second kappa shape index (κ2) is 7.90. The fourth-order valence-electron chi connectivity index (χ4n) is 2.45. The fraction of sp³-hybridized carbons (Fsp3) is 0.571. The zero-order valence-corrected chi connectivity index (χ0v) is 14.0. The third kappa shape index (κ3) is 4.52. The van der Waals surface area contributed by atoms with Crippen molar-refractivity contribution in [3.05, 3.63) is 31.9 Å². The minimum atomic E-state index is -0.344. The Hall–Kier alpha value is -0.930. The molecule has 1 fully saturated rings. The van der Waals surface area contributed by atoms with Crippen LogP contribution in [0, 0.1) is 13.7 Å². The lowest BCUT2D eigenvalue weighted by molar-refractivity contribution is -0.385. The highest BCUT2D eigenvalue weighted by Gasteiger charge is 2.21. The van der Waals surface area contributed by atoms with Crippen LogP contribution in [0.4, 0.5) is 11.4 Å². The first-order chi connectivity index (χ1) is 10.1. The van der Waals surface area contributed by atoms with Gasteiger partial charge in [0.05, 0.1) is 14.6 Å². The van der Waals surface area contributed by atoms with Gasteiger partial charge in [0.2, 0.25) is 0 Å². The van der Waals surface area contributed by atoms with Crippen molar-refractivity contribution in [2.45, 2.75) is 25.4 Å². The molecule has 1 aromatic rings. The Balaban J connectivity index is 1.90. The molecule has 0 atom stereocenters. The monoisotopic (exact) mass is 405 g/mol. The molecule has 0 bridgehead atoms. The van der Waals surface area contributed by atoms with Gasteiger partial charge in [-0.3, -0.25) is 10.1 Å². The topological polar surface area (TPSA) is 81.6 Å². The number of piperidine rings is 1. The molecule has 0 radical (unpaired) electrons. The summed E-state index contributed by atoms with van der Waals surface area (Å²) >= 11 is 2.02. The Morgan fingerprint density at radius 1 is 1.43 bits per heavy atom. The molecular weight excluding hydrogens is 385 g/mol. The van der Waals surface area contributed by atoms with Crippen LogP contribution >= 0.6 is 22.6 Å². The number of nitrogens with zero attached hydrogens (tertiary/aromatic N) is 2. The third-order valence-corrected chi connectivity index (χ3v) is 4.50. The van der Waals surface area contributed by atoms with E-state index in [1.807, 2.05) is 34.7 Å². The minimum Gasteiger partial charge on any atom is -0.378 e. The molecule has 1 aliphatic heterocycles. The first-order valence-electron chi connectivity index (χ1n) is 7.12. The van der Waals surface area contributed by atoms with Crippen LogP contribution in [0.5, 0.6) is 0 Å². The standard InChI is InChI=1S/C14H20IN3O3/c15-13-10-11(2-3-14(13)18(19)20)17-7-4-12(5-8-17)21-9-1-6-16/h2-3,10,12H,1,4-9,16H2. The van der Waals surface area contributed by atoms with Gasteiger partial charge < -0.3 is 15.4 Å². The molecule has 21 heavy (non-hydrogen) atoms. The van der Waals surface area contributed by atoms with Crippen molar-refractivity contribution in [1.29, 1.82) is 0 Å². The van der Waals surface area contributed by atoms with Crippen LogP contribution in [-0.2, 0) is 4.74 Å². The van der Waals surface area contributed by atoms with Crippen molar-refractivity contribution in [3.63, 3.8) is 0 Å². The summed E-state index contributed by atoms with van der Waals surface area (Å²) in [6, 6.07) is 5.30. The van der Waals surface area contributed by atoms with Gasteiger partial charge in [-0.05, 0) is 60.5 Å². The van der Waals surface area contributed by atoms with Crippen LogP contribution in [0.15, 0.2) is 18.2 Å². The lowest BCUT2D eigenvalue weighted by Gasteiger charge is -2.33. The van der Waals surface area contributed by atoms with Crippen LogP contribution in [0.1, 0.15) is 19.3 Å². The van der Waals surface area contributed by atoms with E-state index in [-0.39, 0.29) is 10.6 Å². The van der Waals surface area contributed by atoms with Crippen molar-refractivity contribution in [2.75, 3.05) is 31.1 Å². The summed E-state index contributed by atoms with van der Waals surface area (Å²) in [5, 5.41) is 10.8. The summed E-state index contributed by atoms with van der Waals surface area (Å²) < 4.78 is 6.46. The number of nitro groups is 1. The molecule has 2 N–H and O–H groups in total. The van der Waals surface area contributed by atoms with E-state index < -0.39 is 0 Å². The molecule has 6 nitrogen and oxygen atoms in total. The molecule has 0 amide bonds. The third-order valence-electron chi connectivity index (χ3n) is 3.64. The number of ether oxygens (including phenoxy) is 1. The Morgan fingerprint density at radius 3 is 2.71 bits per heavy atom. The highest BCUT2D eigenvalue weighted by atomic mass is 127. The van der Waals surface area contributed by atoms with Gasteiger partial charge in [0.15, 0.2) is 0 Å². The highest BCUT2D eigenvalue weighted by molar-refractivity contribution is 14.1. The summed E-state index contributed by atoms with van der Waals surface area (Å²) in [6.45, 7) is 3.24. The largest absolute Gasteiger partial charge is 0.378 e. The average molecular weight is 405 g/mol. The molecule has 1 heterocycles. The Kier molecular flexibility index (Phi) is 6.19. The maximum atomic E-state index is 10.8. The second-order valence-electron chi connectivity index (χ2n) is 5.09. The number of halogens is 1. The van der Waals surface area contributed by atoms with E-state index in [0.717, 1.165) is 44.6 Å². The zero-order valence-electron chi connectivity index (χ0n) is 11.8. The molecule has 0 aromatic heterocycles. The molecule has 0 aliphatic carbocycles. The lowest BCUT2D eigenvalue weighted by atomic mass is 10.1. The first-order valence-corrected chi connectivity index (χ1v) is 8.20. The van der Waals surface area contributed by atoms with E-state index in [9.17, 15) is 10.1 Å². The maximum Gasteiger partial charge on any atom is 0.282 e. The zero-order chi connectivity index (χ0) is 15.2. The molecule has 7 heteroatoms. The van der Waals surface area contributed by atoms with E-state index in [1.54, 1.807) is 6.07 Å². The smallest absolute Gasteiger partial charge is 0.282 e. The lowest BCUT2D eigenvalue weighted by Crippen LogP contribution is -2.37. The number of hydrogen-bond donors (Lipinski definition) is 1. The SMILES string of the molecule is NCCCOC1CCN(c2ccc([N+](=O)[O-])c(I)c2)CC1. The minimum absolute atomic E-state index is 0.166. The van der Waals surface area contributed by atoms with Gasteiger partial charge in [0, 0.05) is 31.5 Å². The molecule has 0 unspecified atom stereocenters. The van der Waals surface area contributed by atoms with E-state index in [4.69, 9.17) is 10.5 Å². The van der Waals surface area contributed by atoms with Crippen molar-refractivity contribution >= 4 is 34.0 Å². The molecule has 0 saturated carbocycles. The number of rotatable bonds is 6. The number of hydrogen-bond acceptors (Lipinski definition) is 5. The molecule has 116 valence electrons. The molecule has 0 spiro atoms. The Bertz CT molecular complexity index is 490. The van der Waals surface area contributed by atoms with Gasteiger partial charge in [-0.2, -0.15) is 0 Å². The van der Waals surface area contributed by atoms with E-state index in [1.165, 1.54) is 0 Å². The molecule has 1 aliphatic rings. The molecule has 2 rings (SSSR count). The predicted molar refractivity (Wildman–Crippen MR) is 90.7 cm³/mol. The number of nitro benzene ring substituents is 1. The van der Waals surface area contributed by atoms with Gasteiger partial charge in [0.1, 0.15) is 0 Å². The van der Waals surface area contributed by atoms with Crippen molar-refractivity contribution < 1.29 is 9.66 Å². The summed E-state index contributed by atoms with van der Waals surface area (Å²) in [6.07, 6.45) is 3.18. The van der Waals surface area contributed by atoms with Gasteiger partial charge in [-0.15, -0.1) is 0 Å². The molecular formula is C14H20IN3O3. The molecule has 1 aromatic carbocycles. The van der Waals surface area contributed by atoms with Crippen LogP contribution in [0.2, 0.25) is 0 Å². The summed E-state index contributed by atoms with van der Waals surface area (Å²) in [5.41, 5.74) is 6.67. The highest BCUT2D eigenvalue weighted by Crippen LogP contribution is 2.28. The number of benzene rings is 1. The van der Waals surface area contributed by atoms with Gasteiger partial charge >= 0.3 is 0 Å². The summed E-state index contributed by atoms with van der Waals surface area (Å²) in [7, 11) is 0. The van der Waals surface area contributed by atoms with E-state index in [0.29, 0.717) is 16.2 Å². The van der Waals surface area contributed by atoms with Crippen molar-refractivity contribution in [2.24, 2.45) is 5.73 Å². The predicted octanol–water partition coefficient (Wildman–Crippen LogP) is 2.53. The summed E-state index contributed by atoms with van der Waals surface area (Å²) in [4.78, 5) is 12.8. The van der Waals surface area contributed by atoms with Crippen LogP contribution in [-0.4, -0.2) is 37.3 Å². The second-order valence-corrected chi connectivity index (χ2v) is 6.25. The van der Waals surface area contributed by atoms with Gasteiger partial charge in [-0.1, -0.05) is 0 Å². The van der Waals surface area contributed by atoms with Crippen LogP contribution < -0.4 is 10.6 Å². The van der Waals surface area contributed by atoms with Crippen molar-refractivity contribution in [1.82, 2.24) is 0 Å². The van der Waals surface area contributed by atoms with Crippen molar-refractivity contribution in [3.8, 4) is 0 Å². The van der Waals surface area contributed by atoms with Crippen LogP contribution in [0.3, 0.4) is 0 Å². The fourth-order valence-corrected chi connectivity index (χ4v) is 3.15. The summed E-state index contributed by atoms with van der Waals surface area (Å²) in [5.74, 6) is 0. The van der Waals surface area contributed by atoms with E-state index in [2.05, 4.69) is 4.90 Å². The Morgan fingerprint density at radius 2 is 2.14 bits per heavy atom. The van der Waals surface area contributed by atoms with Crippen LogP contribution in [0.25, 0.3) is 0 Å².